The fourth-order valence-electron chi connectivity index (χ4n) is 4.93. The molecule has 2 N–H and O–H groups in total. The number of aryl methyl sites for hydroxylation is 2. The zero-order valence-electron chi connectivity index (χ0n) is 19.4. The first kappa shape index (κ1) is 21.7. The zero-order valence-corrected chi connectivity index (χ0v) is 19.4. The summed E-state index contributed by atoms with van der Waals surface area (Å²) in [7, 11) is 0. The Morgan fingerprint density at radius 3 is 1.59 bits per heavy atom. The monoisotopic (exact) mass is 443 g/mol. The van der Waals surface area contributed by atoms with Crippen molar-refractivity contribution in [2.75, 3.05) is 5.73 Å². The van der Waals surface area contributed by atoms with Gasteiger partial charge in [0.2, 0.25) is 0 Å². The molecule has 3 heteroatoms. The van der Waals surface area contributed by atoms with Crippen molar-refractivity contribution in [3.8, 4) is 0 Å². The molecule has 3 nitrogen and oxygen atoms in total. The van der Waals surface area contributed by atoms with E-state index < -0.39 is 5.54 Å². The van der Waals surface area contributed by atoms with Gasteiger partial charge in [0, 0.05) is 11.4 Å². The minimum Gasteiger partial charge on any atom is -0.399 e. The maximum atomic E-state index is 5.86. The first-order valence-corrected chi connectivity index (χ1v) is 11.7. The summed E-state index contributed by atoms with van der Waals surface area (Å²) < 4.78 is 2.35. The number of imidazole rings is 1. The molecule has 168 valence electrons. The molecule has 0 spiro atoms. The number of nitrogen functional groups attached to an aromatic ring is 1. The molecule has 0 saturated heterocycles. The van der Waals surface area contributed by atoms with E-state index in [0.29, 0.717) is 0 Å². The molecular formula is C31H29N3. The minimum atomic E-state index is -0.527. The average Bonchev–Trinajstić information content (AvgIpc) is 3.26. The third-order valence-electron chi connectivity index (χ3n) is 6.67. The molecule has 5 rings (SSSR count). The molecule has 0 radical (unpaired) electrons. The SMILES string of the molecule is Cc1c(CCc2ccc(N)cc2)ncn1C(c1ccccc1)(c1ccccc1)c1ccccc1. The second-order valence-corrected chi connectivity index (χ2v) is 8.70. The van der Waals surface area contributed by atoms with Gasteiger partial charge in [-0.15, -0.1) is 0 Å². The highest BCUT2D eigenvalue weighted by atomic mass is 15.1. The van der Waals surface area contributed by atoms with Crippen LogP contribution in [0.15, 0.2) is 122 Å². The Morgan fingerprint density at radius 1 is 0.647 bits per heavy atom. The molecule has 0 amide bonds. The number of nitrogens with zero attached hydrogens (tertiary/aromatic N) is 2. The first-order valence-electron chi connectivity index (χ1n) is 11.7. The lowest BCUT2D eigenvalue weighted by Crippen LogP contribution is -2.38. The zero-order chi connectivity index (χ0) is 23.4. The van der Waals surface area contributed by atoms with Gasteiger partial charge < -0.3 is 10.3 Å². The molecule has 4 aromatic carbocycles. The summed E-state index contributed by atoms with van der Waals surface area (Å²) in [4.78, 5) is 4.93. The van der Waals surface area contributed by atoms with Crippen molar-refractivity contribution in [2.45, 2.75) is 25.3 Å². The summed E-state index contributed by atoms with van der Waals surface area (Å²) in [6.45, 7) is 2.19. The highest BCUT2D eigenvalue weighted by Crippen LogP contribution is 2.41. The van der Waals surface area contributed by atoms with E-state index in [1.807, 2.05) is 18.5 Å². The molecule has 1 heterocycles. The van der Waals surface area contributed by atoms with Crippen LogP contribution in [0.5, 0.6) is 0 Å². The second kappa shape index (κ2) is 9.40. The van der Waals surface area contributed by atoms with Crippen molar-refractivity contribution in [3.05, 3.63) is 155 Å². The Balaban J connectivity index is 1.67. The van der Waals surface area contributed by atoms with Crippen LogP contribution in [0.3, 0.4) is 0 Å². The van der Waals surface area contributed by atoms with E-state index in [2.05, 4.69) is 115 Å². The molecule has 34 heavy (non-hydrogen) atoms. The number of hydrogen-bond donors (Lipinski definition) is 1. The maximum absolute atomic E-state index is 5.86. The van der Waals surface area contributed by atoms with Gasteiger partial charge in [0.25, 0.3) is 0 Å². The fourth-order valence-corrected chi connectivity index (χ4v) is 4.93. The Morgan fingerprint density at radius 2 is 1.12 bits per heavy atom. The van der Waals surface area contributed by atoms with Crippen molar-refractivity contribution in [1.29, 1.82) is 0 Å². The Labute approximate surface area is 201 Å². The molecule has 0 aliphatic rings. The molecule has 0 fully saturated rings. The fraction of sp³-hybridized carbons (Fsp3) is 0.129. The molecule has 0 saturated carbocycles. The molecule has 5 aromatic rings. The number of hydrogen-bond acceptors (Lipinski definition) is 2. The highest BCUT2D eigenvalue weighted by molar-refractivity contribution is 5.51. The van der Waals surface area contributed by atoms with Crippen LogP contribution >= 0.6 is 0 Å². The van der Waals surface area contributed by atoms with Crippen molar-refractivity contribution < 1.29 is 0 Å². The lowest BCUT2D eigenvalue weighted by Gasteiger charge is -2.38. The molecular weight excluding hydrogens is 414 g/mol. The Hall–Kier alpha value is -4.11. The van der Waals surface area contributed by atoms with E-state index in [0.717, 1.165) is 24.2 Å². The predicted octanol–water partition coefficient (Wildman–Crippen LogP) is 6.40. The van der Waals surface area contributed by atoms with Crippen LogP contribution in [-0.4, -0.2) is 9.55 Å². The highest BCUT2D eigenvalue weighted by Gasteiger charge is 2.39. The van der Waals surface area contributed by atoms with Crippen molar-refractivity contribution in [1.82, 2.24) is 9.55 Å². The predicted molar refractivity (Wildman–Crippen MR) is 140 cm³/mol. The Kier molecular flexibility index (Phi) is 6.01. The number of rotatable bonds is 7. The van der Waals surface area contributed by atoms with Crippen LogP contribution in [0, 0.1) is 6.92 Å². The summed E-state index contributed by atoms with van der Waals surface area (Å²) >= 11 is 0. The van der Waals surface area contributed by atoms with E-state index in [-0.39, 0.29) is 0 Å². The van der Waals surface area contributed by atoms with Crippen molar-refractivity contribution in [3.63, 3.8) is 0 Å². The van der Waals surface area contributed by atoms with E-state index in [1.54, 1.807) is 0 Å². The normalized spacial score (nSPS) is 11.4. The number of anilines is 1. The third-order valence-corrected chi connectivity index (χ3v) is 6.67. The second-order valence-electron chi connectivity index (χ2n) is 8.70. The van der Waals surface area contributed by atoms with Gasteiger partial charge >= 0.3 is 0 Å². The van der Waals surface area contributed by atoms with Crippen molar-refractivity contribution in [2.24, 2.45) is 0 Å². The van der Waals surface area contributed by atoms with Crippen molar-refractivity contribution >= 4 is 5.69 Å². The van der Waals surface area contributed by atoms with Crippen LogP contribution in [-0.2, 0) is 18.4 Å². The quantitative estimate of drug-likeness (QED) is 0.234. The van der Waals surface area contributed by atoms with Gasteiger partial charge in [0.15, 0.2) is 0 Å². The van der Waals surface area contributed by atoms with E-state index in [9.17, 15) is 0 Å². The van der Waals surface area contributed by atoms with E-state index in [4.69, 9.17) is 10.7 Å². The van der Waals surface area contributed by atoms with Crippen LogP contribution in [0.2, 0.25) is 0 Å². The summed E-state index contributed by atoms with van der Waals surface area (Å²) in [6, 6.07) is 40.3. The van der Waals surface area contributed by atoms with Gasteiger partial charge in [-0.2, -0.15) is 0 Å². The molecule has 0 unspecified atom stereocenters. The van der Waals surface area contributed by atoms with Gasteiger partial charge in [0.1, 0.15) is 5.54 Å². The first-order chi connectivity index (χ1) is 16.7. The van der Waals surface area contributed by atoms with Gasteiger partial charge in [-0.05, 0) is 54.2 Å². The largest absolute Gasteiger partial charge is 0.399 e. The molecule has 0 aliphatic heterocycles. The van der Waals surface area contributed by atoms with Gasteiger partial charge in [-0.1, -0.05) is 103 Å². The summed E-state index contributed by atoms with van der Waals surface area (Å²) in [5.74, 6) is 0. The van der Waals surface area contributed by atoms with E-state index in [1.165, 1.54) is 27.9 Å². The number of nitrogens with two attached hydrogens (primary N) is 1. The lowest BCUT2D eigenvalue weighted by atomic mass is 9.76. The van der Waals surface area contributed by atoms with Gasteiger partial charge in [-0.25, -0.2) is 4.98 Å². The molecule has 0 bridgehead atoms. The van der Waals surface area contributed by atoms with Crippen LogP contribution in [0.1, 0.15) is 33.6 Å². The number of aromatic nitrogens is 2. The average molecular weight is 444 g/mol. The lowest BCUT2D eigenvalue weighted by molar-refractivity contribution is 0.503. The standard InChI is InChI=1S/C31H29N3/c1-24-30(22-19-25-17-20-29(32)21-18-25)33-23-34(24)31(26-11-5-2-6-12-26,27-13-7-3-8-14-27)28-15-9-4-10-16-28/h2-18,20-21,23H,19,22,32H2,1H3. The van der Waals surface area contributed by atoms with E-state index >= 15 is 0 Å². The van der Waals surface area contributed by atoms with Gasteiger partial charge in [-0.3, -0.25) is 0 Å². The Bertz CT molecular complexity index is 1240. The van der Waals surface area contributed by atoms with Gasteiger partial charge in [0.05, 0.1) is 12.0 Å². The summed E-state index contributed by atoms with van der Waals surface area (Å²) in [5, 5.41) is 0. The molecule has 0 atom stereocenters. The van der Waals surface area contributed by atoms with Crippen LogP contribution in [0.4, 0.5) is 5.69 Å². The minimum absolute atomic E-state index is 0.527. The number of benzene rings is 4. The summed E-state index contributed by atoms with van der Waals surface area (Å²) in [5.41, 5.74) is 13.3. The molecule has 0 aliphatic carbocycles. The van der Waals surface area contributed by atoms with Crippen LogP contribution < -0.4 is 5.73 Å². The third kappa shape index (κ3) is 3.90. The molecule has 1 aromatic heterocycles. The maximum Gasteiger partial charge on any atom is 0.121 e. The summed E-state index contributed by atoms with van der Waals surface area (Å²) in [6.07, 6.45) is 3.81. The smallest absolute Gasteiger partial charge is 0.121 e. The topological polar surface area (TPSA) is 43.8 Å². The van der Waals surface area contributed by atoms with Crippen LogP contribution in [0.25, 0.3) is 0 Å².